The number of hydrogen-bond acceptors (Lipinski definition) is 8. The second-order valence-corrected chi connectivity index (χ2v) is 14.6. The van der Waals surface area contributed by atoms with E-state index < -0.39 is 32.5 Å². The van der Waals surface area contributed by atoms with Crippen molar-refractivity contribution in [3.63, 3.8) is 0 Å². The van der Waals surface area contributed by atoms with E-state index in [1.807, 2.05) is 12.2 Å². The summed E-state index contributed by atoms with van der Waals surface area (Å²) in [5.41, 5.74) is 5.33. The number of esters is 2. The molecule has 0 aliphatic heterocycles. The van der Waals surface area contributed by atoms with E-state index in [4.69, 9.17) is 24.3 Å². The Bertz CT molecular complexity index is 1220. The Labute approximate surface area is 334 Å². The first-order valence-corrected chi connectivity index (χ1v) is 22.2. The van der Waals surface area contributed by atoms with Gasteiger partial charge in [0.2, 0.25) is 0 Å². The van der Waals surface area contributed by atoms with E-state index >= 15 is 0 Å². The molecule has 0 bridgehead atoms. The van der Waals surface area contributed by atoms with Crippen LogP contribution < -0.4 is 5.73 Å². The highest BCUT2D eigenvalue weighted by Crippen LogP contribution is 2.43. The monoisotopic (exact) mass is 788 g/mol. The molecular formula is C45H74NO8P. The topological polar surface area (TPSA) is 134 Å². The van der Waals surface area contributed by atoms with E-state index in [0.717, 1.165) is 57.8 Å². The van der Waals surface area contributed by atoms with Crippen LogP contribution in [-0.4, -0.2) is 49.3 Å². The van der Waals surface area contributed by atoms with E-state index in [9.17, 15) is 19.0 Å². The third kappa shape index (κ3) is 40.4. The Morgan fingerprint density at radius 3 is 1.49 bits per heavy atom. The van der Waals surface area contributed by atoms with Crippen LogP contribution in [0.1, 0.15) is 142 Å². The minimum absolute atomic E-state index is 0.0325. The van der Waals surface area contributed by atoms with E-state index in [1.165, 1.54) is 38.5 Å². The van der Waals surface area contributed by atoms with Gasteiger partial charge < -0.3 is 20.1 Å². The summed E-state index contributed by atoms with van der Waals surface area (Å²) in [7, 11) is -4.41. The van der Waals surface area contributed by atoms with Crippen LogP contribution in [0, 0.1) is 0 Å². The molecule has 10 heteroatoms. The molecule has 0 radical (unpaired) electrons. The van der Waals surface area contributed by atoms with Gasteiger partial charge in [-0.15, -0.1) is 0 Å². The minimum Gasteiger partial charge on any atom is -0.462 e. The summed E-state index contributed by atoms with van der Waals surface area (Å²) in [4.78, 5) is 34.8. The van der Waals surface area contributed by atoms with Crippen LogP contribution >= 0.6 is 7.82 Å². The van der Waals surface area contributed by atoms with Crippen molar-refractivity contribution in [2.24, 2.45) is 5.73 Å². The summed E-state index contributed by atoms with van der Waals surface area (Å²) in [5.74, 6) is -0.969. The molecule has 0 aromatic carbocycles. The number of hydrogen-bond donors (Lipinski definition) is 2. The molecule has 312 valence electrons. The normalized spacial score (nSPS) is 14.3. The summed E-state index contributed by atoms with van der Waals surface area (Å²) < 4.78 is 32.6. The first kappa shape index (κ1) is 51.9. The van der Waals surface area contributed by atoms with E-state index in [2.05, 4.69) is 98.9 Å². The maximum Gasteiger partial charge on any atom is 0.472 e. The summed E-state index contributed by atoms with van der Waals surface area (Å²) in [5, 5.41) is 0. The number of carbonyl (C=O) groups is 2. The third-order valence-electron chi connectivity index (χ3n) is 7.95. The van der Waals surface area contributed by atoms with Crippen LogP contribution in [0.3, 0.4) is 0 Å². The summed E-state index contributed by atoms with van der Waals surface area (Å²) in [6, 6.07) is 0. The van der Waals surface area contributed by atoms with Crippen molar-refractivity contribution in [3.8, 4) is 0 Å². The van der Waals surface area contributed by atoms with Crippen LogP contribution in [0.25, 0.3) is 0 Å². The van der Waals surface area contributed by atoms with Crippen LogP contribution in [0.15, 0.2) is 97.2 Å². The van der Waals surface area contributed by atoms with Gasteiger partial charge in [0.25, 0.3) is 0 Å². The average Bonchev–Trinajstić information content (AvgIpc) is 3.17. The van der Waals surface area contributed by atoms with Gasteiger partial charge in [-0.2, -0.15) is 0 Å². The number of rotatable bonds is 37. The van der Waals surface area contributed by atoms with Crippen LogP contribution in [-0.2, 0) is 32.7 Å². The molecule has 0 aromatic heterocycles. The highest BCUT2D eigenvalue weighted by Gasteiger charge is 2.25. The second kappa shape index (κ2) is 40.6. The van der Waals surface area contributed by atoms with Crippen LogP contribution in [0.2, 0.25) is 0 Å². The van der Waals surface area contributed by atoms with Crippen molar-refractivity contribution in [1.29, 1.82) is 0 Å². The molecule has 2 atom stereocenters. The quantitative estimate of drug-likeness (QED) is 0.0273. The Morgan fingerprint density at radius 1 is 0.564 bits per heavy atom. The van der Waals surface area contributed by atoms with Gasteiger partial charge in [0.15, 0.2) is 6.10 Å². The molecule has 0 rings (SSSR count). The zero-order valence-corrected chi connectivity index (χ0v) is 35.0. The third-order valence-corrected chi connectivity index (χ3v) is 8.94. The summed E-state index contributed by atoms with van der Waals surface area (Å²) >= 11 is 0. The number of phosphoric ester groups is 1. The van der Waals surface area contributed by atoms with Crippen molar-refractivity contribution in [2.75, 3.05) is 26.4 Å². The number of ether oxygens (including phenoxy) is 2. The second-order valence-electron chi connectivity index (χ2n) is 13.1. The molecule has 0 amide bonds. The molecule has 0 heterocycles. The molecule has 0 saturated carbocycles. The number of unbranched alkanes of at least 4 members (excludes halogenated alkanes) is 8. The largest absolute Gasteiger partial charge is 0.472 e. The van der Waals surface area contributed by atoms with Gasteiger partial charge in [-0.25, -0.2) is 4.57 Å². The van der Waals surface area contributed by atoms with Crippen LogP contribution in [0.4, 0.5) is 0 Å². The predicted molar refractivity (Wildman–Crippen MR) is 228 cm³/mol. The molecule has 0 saturated heterocycles. The Balaban J connectivity index is 4.39. The SMILES string of the molecule is CC/C=C/C/C=C/C/C=C/C/C=C/C/C=C/CCCC(=O)O[C@H](COC(=O)CCC/C=C/C/C=C/C/C=C/CCCCCCCC)COP(=O)(O)OCCN. The van der Waals surface area contributed by atoms with E-state index in [1.54, 1.807) is 0 Å². The van der Waals surface area contributed by atoms with Gasteiger partial charge in [-0.3, -0.25) is 18.6 Å². The predicted octanol–water partition coefficient (Wildman–Crippen LogP) is 11.8. The van der Waals surface area contributed by atoms with Crippen LogP contribution in [0.5, 0.6) is 0 Å². The Hall–Kier alpha value is -3.07. The first-order valence-electron chi connectivity index (χ1n) is 20.7. The lowest BCUT2D eigenvalue weighted by atomic mass is 10.1. The number of nitrogens with two attached hydrogens (primary N) is 1. The molecule has 3 N–H and O–H groups in total. The number of carbonyl (C=O) groups excluding carboxylic acids is 2. The van der Waals surface area contributed by atoms with Gasteiger partial charge in [-0.05, 0) is 83.5 Å². The zero-order valence-electron chi connectivity index (χ0n) is 34.1. The van der Waals surface area contributed by atoms with Crippen molar-refractivity contribution in [1.82, 2.24) is 0 Å². The summed E-state index contributed by atoms with van der Waals surface area (Å²) in [6.45, 7) is 3.45. The lowest BCUT2D eigenvalue weighted by molar-refractivity contribution is -0.161. The fourth-order valence-electron chi connectivity index (χ4n) is 4.92. The fourth-order valence-corrected chi connectivity index (χ4v) is 5.68. The molecule has 0 fully saturated rings. The number of allylic oxidation sites excluding steroid dienone is 16. The lowest BCUT2D eigenvalue weighted by Crippen LogP contribution is -2.29. The molecule has 0 aliphatic carbocycles. The van der Waals surface area contributed by atoms with Crippen molar-refractivity contribution in [2.45, 2.75) is 148 Å². The minimum atomic E-state index is -4.41. The smallest absolute Gasteiger partial charge is 0.462 e. The fraction of sp³-hybridized carbons (Fsp3) is 0.600. The van der Waals surface area contributed by atoms with Crippen molar-refractivity contribution >= 4 is 19.8 Å². The lowest BCUT2D eigenvalue weighted by Gasteiger charge is -2.19. The molecule has 0 spiro atoms. The van der Waals surface area contributed by atoms with Gasteiger partial charge in [0, 0.05) is 19.4 Å². The molecule has 0 aromatic rings. The van der Waals surface area contributed by atoms with Gasteiger partial charge in [0.05, 0.1) is 13.2 Å². The van der Waals surface area contributed by atoms with E-state index in [0.29, 0.717) is 19.3 Å². The molecular weight excluding hydrogens is 713 g/mol. The van der Waals surface area contributed by atoms with Gasteiger partial charge in [-0.1, -0.05) is 143 Å². The molecule has 9 nitrogen and oxygen atoms in total. The maximum atomic E-state index is 12.5. The summed E-state index contributed by atoms with van der Waals surface area (Å²) in [6.07, 6.45) is 51.7. The highest BCUT2D eigenvalue weighted by atomic mass is 31.2. The molecule has 0 aliphatic rings. The maximum absolute atomic E-state index is 12.5. The van der Waals surface area contributed by atoms with Gasteiger partial charge >= 0.3 is 19.8 Å². The standard InChI is InChI=1S/C45H74NO8P/c1-3-5-7-9-11-13-15-17-19-21-23-25-27-29-31-33-35-37-44(47)51-41-43(42-53-55(49,50)52-40-39-46)54-45(48)38-36-34-32-30-28-26-24-22-20-18-16-14-12-10-8-6-4-2/h6,8,12,14,17-20,23-26,29-32,43H,3-5,7,9-11,13,15-16,21-22,27-28,33-42,46H2,1-2H3,(H,49,50)/b8-6+,14-12+,19-17+,20-18+,25-23+,26-24+,31-29+,32-30+/t43-/m1/s1. The highest BCUT2D eigenvalue weighted by molar-refractivity contribution is 7.47. The zero-order chi connectivity index (χ0) is 40.3. The molecule has 55 heavy (non-hydrogen) atoms. The average molecular weight is 788 g/mol. The first-order chi connectivity index (χ1) is 26.8. The van der Waals surface area contributed by atoms with Crippen molar-refractivity contribution in [3.05, 3.63) is 97.2 Å². The molecule has 1 unspecified atom stereocenters. The van der Waals surface area contributed by atoms with E-state index in [-0.39, 0.29) is 32.6 Å². The Kier molecular flexibility index (Phi) is 38.3. The van der Waals surface area contributed by atoms with Crippen molar-refractivity contribution < 1.29 is 37.6 Å². The van der Waals surface area contributed by atoms with Gasteiger partial charge in [0.1, 0.15) is 6.61 Å². The number of phosphoric acid groups is 1. The Morgan fingerprint density at radius 2 is 1.00 bits per heavy atom.